The quantitative estimate of drug-likeness (QED) is 0.593. The SMILES string of the molecule is O=C1c2cc3cc4c(cc3c(-c3ccc(F)cc3)c2CN1CCN1CCCCC1)OCO4. The summed E-state index contributed by atoms with van der Waals surface area (Å²) >= 11 is 0. The van der Waals surface area contributed by atoms with Gasteiger partial charge >= 0.3 is 0 Å². The molecule has 5 nitrogen and oxygen atoms in total. The van der Waals surface area contributed by atoms with E-state index in [0.29, 0.717) is 18.0 Å². The Bertz CT molecular complexity index is 1200. The number of piperidine rings is 1. The highest BCUT2D eigenvalue weighted by Crippen LogP contribution is 2.44. The third kappa shape index (κ3) is 3.30. The van der Waals surface area contributed by atoms with Gasteiger partial charge in [-0.15, -0.1) is 0 Å². The first-order valence-electron chi connectivity index (χ1n) is 11.3. The molecule has 1 amide bonds. The fourth-order valence-corrected chi connectivity index (χ4v) is 5.19. The minimum atomic E-state index is -0.275. The Morgan fingerprint density at radius 2 is 1.66 bits per heavy atom. The molecule has 1 fully saturated rings. The van der Waals surface area contributed by atoms with Gasteiger partial charge in [-0.05, 0) is 83.7 Å². The highest BCUT2D eigenvalue weighted by molar-refractivity contribution is 6.09. The molecule has 3 aliphatic rings. The van der Waals surface area contributed by atoms with Crippen LogP contribution in [0, 0.1) is 5.82 Å². The summed E-state index contributed by atoms with van der Waals surface area (Å²) < 4.78 is 24.9. The van der Waals surface area contributed by atoms with Crippen molar-refractivity contribution < 1.29 is 18.7 Å². The summed E-state index contributed by atoms with van der Waals surface area (Å²) in [6.07, 6.45) is 3.78. The van der Waals surface area contributed by atoms with Crippen molar-refractivity contribution in [2.75, 3.05) is 33.0 Å². The van der Waals surface area contributed by atoms with Crippen molar-refractivity contribution in [2.45, 2.75) is 25.8 Å². The number of rotatable bonds is 4. The molecule has 3 aromatic rings. The van der Waals surface area contributed by atoms with Crippen LogP contribution in [0.1, 0.15) is 35.2 Å². The Hall–Kier alpha value is -3.12. The largest absolute Gasteiger partial charge is 0.454 e. The number of hydrogen-bond acceptors (Lipinski definition) is 4. The van der Waals surface area contributed by atoms with Crippen molar-refractivity contribution in [3.63, 3.8) is 0 Å². The molecule has 0 N–H and O–H groups in total. The molecule has 6 heteroatoms. The van der Waals surface area contributed by atoms with Crippen LogP contribution in [-0.2, 0) is 6.54 Å². The van der Waals surface area contributed by atoms with Crippen LogP contribution < -0.4 is 9.47 Å². The van der Waals surface area contributed by atoms with Crippen molar-refractivity contribution in [2.24, 2.45) is 0 Å². The lowest BCUT2D eigenvalue weighted by atomic mass is 9.90. The summed E-state index contributed by atoms with van der Waals surface area (Å²) in [5, 5.41) is 1.92. The van der Waals surface area contributed by atoms with E-state index in [1.807, 2.05) is 23.1 Å². The van der Waals surface area contributed by atoms with Gasteiger partial charge in [-0.1, -0.05) is 18.6 Å². The standard InChI is InChI=1S/C26H25FN2O3/c27-19-6-4-17(5-7-19)25-20-14-24-23(31-16-32-24)13-18(20)12-21-22(25)15-29(26(21)30)11-10-28-8-2-1-3-9-28/h4-7,12-14H,1-3,8-11,15-16H2. The Labute approximate surface area is 186 Å². The maximum Gasteiger partial charge on any atom is 0.254 e. The molecular weight excluding hydrogens is 407 g/mol. The molecule has 0 bridgehead atoms. The number of carbonyl (C=O) groups excluding carboxylic acids is 1. The monoisotopic (exact) mass is 432 g/mol. The summed E-state index contributed by atoms with van der Waals surface area (Å²) in [6.45, 7) is 4.62. The number of nitrogens with zero attached hydrogens (tertiary/aromatic N) is 2. The number of carbonyl (C=O) groups is 1. The molecule has 164 valence electrons. The summed E-state index contributed by atoms with van der Waals surface area (Å²) in [7, 11) is 0. The van der Waals surface area contributed by atoms with Crippen molar-refractivity contribution in [3.05, 3.63) is 59.4 Å². The fraction of sp³-hybridized carbons (Fsp3) is 0.346. The minimum Gasteiger partial charge on any atom is -0.454 e. The molecule has 3 heterocycles. The average molecular weight is 432 g/mol. The first-order chi connectivity index (χ1) is 15.7. The molecule has 1 saturated heterocycles. The second kappa shape index (κ2) is 7.78. The summed E-state index contributed by atoms with van der Waals surface area (Å²) in [5.41, 5.74) is 3.61. The predicted molar refractivity (Wildman–Crippen MR) is 120 cm³/mol. The zero-order chi connectivity index (χ0) is 21.7. The van der Waals surface area contributed by atoms with E-state index in [0.717, 1.165) is 59.2 Å². The Morgan fingerprint density at radius 1 is 0.906 bits per heavy atom. The van der Waals surface area contributed by atoms with Gasteiger partial charge in [0.05, 0.1) is 0 Å². The second-order valence-electron chi connectivity index (χ2n) is 8.84. The smallest absolute Gasteiger partial charge is 0.254 e. The Kier molecular flexibility index (Phi) is 4.76. The number of ether oxygens (including phenoxy) is 2. The van der Waals surface area contributed by atoms with Gasteiger partial charge in [0.15, 0.2) is 11.5 Å². The number of likely N-dealkylation sites (tertiary alicyclic amines) is 1. The highest BCUT2D eigenvalue weighted by atomic mass is 19.1. The zero-order valence-electron chi connectivity index (χ0n) is 17.9. The Balaban J connectivity index is 1.42. The molecule has 0 radical (unpaired) electrons. The molecule has 3 aromatic carbocycles. The van der Waals surface area contributed by atoms with E-state index in [9.17, 15) is 9.18 Å². The van der Waals surface area contributed by atoms with Crippen molar-refractivity contribution in [1.82, 2.24) is 9.80 Å². The second-order valence-corrected chi connectivity index (χ2v) is 8.84. The first-order valence-corrected chi connectivity index (χ1v) is 11.3. The predicted octanol–water partition coefficient (Wildman–Crippen LogP) is 4.82. The molecule has 0 spiro atoms. The van der Waals surface area contributed by atoms with Gasteiger partial charge in [0.2, 0.25) is 6.79 Å². The molecule has 0 saturated carbocycles. The van der Waals surface area contributed by atoms with Gasteiger partial charge in [-0.25, -0.2) is 4.39 Å². The van der Waals surface area contributed by atoms with Crippen LogP contribution >= 0.6 is 0 Å². The van der Waals surface area contributed by atoms with E-state index < -0.39 is 0 Å². The number of benzene rings is 3. The lowest BCUT2D eigenvalue weighted by Gasteiger charge is -2.28. The van der Waals surface area contributed by atoms with E-state index in [2.05, 4.69) is 4.90 Å². The molecule has 0 aromatic heterocycles. The molecule has 0 aliphatic carbocycles. The van der Waals surface area contributed by atoms with E-state index >= 15 is 0 Å². The van der Waals surface area contributed by atoms with Crippen LogP contribution in [0.3, 0.4) is 0 Å². The van der Waals surface area contributed by atoms with E-state index in [4.69, 9.17) is 9.47 Å². The van der Waals surface area contributed by atoms with Gasteiger partial charge in [-0.2, -0.15) is 0 Å². The first kappa shape index (κ1) is 19.6. The lowest BCUT2D eigenvalue weighted by molar-refractivity contribution is 0.0753. The van der Waals surface area contributed by atoms with Gasteiger partial charge < -0.3 is 19.3 Å². The van der Waals surface area contributed by atoms with E-state index in [-0.39, 0.29) is 18.5 Å². The third-order valence-corrected chi connectivity index (χ3v) is 6.88. The molecule has 32 heavy (non-hydrogen) atoms. The maximum atomic E-state index is 13.7. The van der Waals surface area contributed by atoms with Crippen LogP contribution in [-0.4, -0.2) is 48.7 Å². The van der Waals surface area contributed by atoms with Gasteiger partial charge in [0, 0.05) is 25.2 Å². The normalized spacial score (nSPS) is 17.9. The topological polar surface area (TPSA) is 42.0 Å². The molecule has 0 unspecified atom stereocenters. The van der Waals surface area contributed by atoms with Crippen molar-refractivity contribution >= 4 is 16.7 Å². The van der Waals surface area contributed by atoms with Crippen molar-refractivity contribution in [3.8, 4) is 22.6 Å². The van der Waals surface area contributed by atoms with Crippen molar-refractivity contribution in [1.29, 1.82) is 0 Å². The molecule has 3 aliphatic heterocycles. The number of amides is 1. The average Bonchev–Trinajstić information content (AvgIpc) is 3.40. The zero-order valence-corrected chi connectivity index (χ0v) is 17.9. The third-order valence-electron chi connectivity index (χ3n) is 6.88. The van der Waals surface area contributed by atoms with Gasteiger partial charge in [0.25, 0.3) is 5.91 Å². The number of halogens is 1. The van der Waals surface area contributed by atoms with Gasteiger partial charge in [0.1, 0.15) is 5.82 Å². The van der Waals surface area contributed by atoms with Gasteiger partial charge in [-0.3, -0.25) is 4.79 Å². The summed E-state index contributed by atoms with van der Waals surface area (Å²) in [6, 6.07) is 12.4. The summed E-state index contributed by atoms with van der Waals surface area (Å²) in [5.74, 6) is 1.18. The fourth-order valence-electron chi connectivity index (χ4n) is 5.19. The molecule has 0 atom stereocenters. The van der Waals surface area contributed by atoms with E-state index in [1.165, 1.54) is 31.4 Å². The molecular formula is C26H25FN2O3. The van der Waals surface area contributed by atoms with Crippen LogP contribution in [0.4, 0.5) is 4.39 Å². The van der Waals surface area contributed by atoms with Crippen LogP contribution in [0.5, 0.6) is 11.5 Å². The van der Waals surface area contributed by atoms with Crippen LogP contribution in [0.2, 0.25) is 0 Å². The number of hydrogen-bond donors (Lipinski definition) is 0. The van der Waals surface area contributed by atoms with E-state index in [1.54, 1.807) is 12.1 Å². The summed E-state index contributed by atoms with van der Waals surface area (Å²) in [4.78, 5) is 17.8. The highest BCUT2D eigenvalue weighted by Gasteiger charge is 2.32. The lowest BCUT2D eigenvalue weighted by Crippen LogP contribution is -2.38. The van der Waals surface area contributed by atoms with Crippen LogP contribution in [0.15, 0.2) is 42.5 Å². The number of fused-ring (bicyclic) bond motifs is 3. The molecule has 6 rings (SSSR count). The maximum absolute atomic E-state index is 13.7. The minimum absolute atomic E-state index is 0.0694. The van der Waals surface area contributed by atoms with Crippen LogP contribution in [0.25, 0.3) is 21.9 Å². The Morgan fingerprint density at radius 3 is 2.44 bits per heavy atom.